The van der Waals surface area contributed by atoms with Gasteiger partial charge in [0, 0.05) is 5.56 Å². The molecule has 0 saturated heterocycles. The van der Waals surface area contributed by atoms with Crippen LogP contribution in [0.5, 0.6) is 0 Å². The van der Waals surface area contributed by atoms with E-state index in [4.69, 9.17) is 5.11 Å². The Morgan fingerprint density at radius 2 is 1.91 bits per heavy atom. The van der Waals surface area contributed by atoms with Crippen LogP contribution in [0.2, 0.25) is 0 Å². The first-order valence-electron chi connectivity index (χ1n) is 6.39. The third kappa shape index (κ3) is 5.55. The molecule has 0 saturated carbocycles. The van der Waals surface area contributed by atoms with E-state index in [0.717, 1.165) is 6.07 Å². The molecule has 0 heterocycles. The summed E-state index contributed by atoms with van der Waals surface area (Å²) in [7, 11) is -3.60. The SMILES string of the molecule is CCS(=O)(=O)c1cccc(C(=O)NC(CC(F)(F)F)C(=O)O)c1. The van der Waals surface area contributed by atoms with Crippen molar-refractivity contribution >= 4 is 21.7 Å². The average molecular weight is 353 g/mol. The molecule has 0 aliphatic rings. The molecule has 1 rings (SSSR count). The molecule has 1 amide bonds. The number of nitrogens with one attached hydrogen (secondary N) is 1. The van der Waals surface area contributed by atoms with Gasteiger partial charge in [-0.1, -0.05) is 13.0 Å². The fourth-order valence-electron chi connectivity index (χ4n) is 1.67. The predicted molar refractivity (Wildman–Crippen MR) is 73.7 cm³/mol. The van der Waals surface area contributed by atoms with Gasteiger partial charge in [-0.3, -0.25) is 4.79 Å². The lowest BCUT2D eigenvalue weighted by Crippen LogP contribution is -2.43. The number of carboxylic acids is 1. The van der Waals surface area contributed by atoms with Gasteiger partial charge in [0.15, 0.2) is 9.84 Å². The highest BCUT2D eigenvalue weighted by Crippen LogP contribution is 2.22. The van der Waals surface area contributed by atoms with Gasteiger partial charge >= 0.3 is 12.1 Å². The topological polar surface area (TPSA) is 101 Å². The van der Waals surface area contributed by atoms with E-state index in [-0.39, 0.29) is 16.2 Å². The smallest absolute Gasteiger partial charge is 0.391 e. The number of sulfone groups is 1. The maximum Gasteiger partial charge on any atom is 0.391 e. The Morgan fingerprint density at radius 3 is 2.39 bits per heavy atom. The van der Waals surface area contributed by atoms with Gasteiger partial charge in [-0.05, 0) is 18.2 Å². The number of benzene rings is 1. The van der Waals surface area contributed by atoms with E-state index < -0.39 is 40.4 Å². The number of amides is 1. The van der Waals surface area contributed by atoms with Crippen LogP contribution >= 0.6 is 0 Å². The zero-order valence-corrected chi connectivity index (χ0v) is 12.7. The monoisotopic (exact) mass is 353 g/mol. The summed E-state index contributed by atoms with van der Waals surface area (Å²) in [6, 6.07) is 2.49. The molecule has 1 atom stereocenters. The van der Waals surface area contributed by atoms with Gasteiger partial charge in [-0.15, -0.1) is 0 Å². The minimum atomic E-state index is -4.77. The first-order valence-corrected chi connectivity index (χ1v) is 8.04. The highest BCUT2D eigenvalue weighted by molar-refractivity contribution is 7.91. The molecule has 0 aliphatic heterocycles. The van der Waals surface area contributed by atoms with Gasteiger partial charge in [0.05, 0.1) is 17.1 Å². The second-order valence-electron chi connectivity index (χ2n) is 4.61. The second kappa shape index (κ2) is 6.99. The summed E-state index contributed by atoms with van der Waals surface area (Å²) in [6.45, 7) is 1.39. The molecule has 2 N–H and O–H groups in total. The molecule has 1 aromatic rings. The van der Waals surface area contributed by atoms with E-state index in [1.54, 1.807) is 5.32 Å². The number of halogens is 3. The molecule has 10 heteroatoms. The van der Waals surface area contributed by atoms with Crippen molar-refractivity contribution < 1.29 is 36.3 Å². The van der Waals surface area contributed by atoms with Gasteiger partial charge in [-0.25, -0.2) is 13.2 Å². The number of aliphatic carboxylic acids is 1. The Hall–Kier alpha value is -2.10. The van der Waals surface area contributed by atoms with Crippen molar-refractivity contribution in [3.63, 3.8) is 0 Å². The average Bonchev–Trinajstić information content (AvgIpc) is 2.45. The van der Waals surface area contributed by atoms with Crippen LogP contribution in [0.25, 0.3) is 0 Å². The normalized spacial score (nSPS) is 13.4. The van der Waals surface area contributed by atoms with Crippen LogP contribution in [0.3, 0.4) is 0 Å². The summed E-state index contributed by atoms with van der Waals surface area (Å²) >= 11 is 0. The minimum absolute atomic E-state index is 0.171. The zero-order chi connectivity index (χ0) is 17.8. The van der Waals surface area contributed by atoms with E-state index >= 15 is 0 Å². The molecule has 1 unspecified atom stereocenters. The molecule has 0 aliphatic carbocycles. The maximum absolute atomic E-state index is 12.3. The highest BCUT2D eigenvalue weighted by atomic mass is 32.2. The summed E-state index contributed by atoms with van der Waals surface area (Å²) in [4.78, 5) is 22.5. The Balaban J connectivity index is 3.01. The first-order chi connectivity index (χ1) is 10.5. The molecular formula is C13H14F3NO5S. The summed E-state index contributed by atoms with van der Waals surface area (Å²) < 4.78 is 60.3. The van der Waals surface area contributed by atoms with Crippen molar-refractivity contribution in [3.8, 4) is 0 Å². The molecule has 23 heavy (non-hydrogen) atoms. The Bertz CT molecular complexity index is 700. The van der Waals surface area contributed by atoms with Crippen LogP contribution in [-0.4, -0.2) is 43.4 Å². The molecule has 0 bridgehead atoms. The fourth-order valence-corrected chi connectivity index (χ4v) is 2.60. The lowest BCUT2D eigenvalue weighted by Gasteiger charge is -2.16. The minimum Gasteiger partial charge on any atom is -0.480 e. The van der Waals surface area contributed by atoms with Crippen LogP contribution in [0.4, 0.5) is 13.2 Å². The number of hydrogen-bond donors (Lipinski definition) is 2. The van der Waals surface area contributed by atoms with E-state index in [2.05, 4.69) is 0 Å². The van der Waals surface area contributed by atoms with Crippen molar-refractivity contribution in [1.29, 1.82) is 0 Å². The Morgan fingerprint density at radius 1 is 1.30 bits per heavy atom. The molecule has 0 spiro atoms. The third-order valence-corrected chi connectivity index (χ3v) is 4.61. The number of rotatable bonds is 6. The lowest BCUT2D eigenvalue weighted by molar-refractivity contribution is -0.157. The molecule has 0 radical (unpaired) electrons. The summed E-state index contributed by atoms with van der Waals surface area (Å²) in [5.41, 5.74) is -0.243. The van der Waals surface area contributed by atoms with Gasteiger partial charge in [0.25, 0.3) is 5.91 Å². The zero-order valence-electron chi connectivity index (χ0n) is 11.9. The van der Waals surface area contributed by atoms with Crippen LogP contribution in [0.15, 0.2) is 29.2 Å². The van der Waals surface area contributed by atoms with Crippen LogP contribution in [0.1, 0.15) is 23.7 Å². The number of carboxylic acid groups (broad SMARTS) is 1. The molecule has 1 aromatic carbocycles. The molecule has 0 aromatic heterocycles. The number of hydrogen-bond acceptors (Lipinski definition) is 4. The number of alkyl halides is 3. The summed E-state index contributed by atoms with van der Waals surface area (Å²) in [6.07, 6.45) is -6.51. The summed E-state index contributed by atoms with van der Waals surface area (Å²) in [5.74, 6) is -3.16. The number of carbonyl (C=O) groups excluding carboxylic acids is 1. The van der Waals surface area contributed by atoms with Gasteiger partial charge in [0.1, 0.15) is 6.04 Å². The number of carbonyl (C=O) groups is 2. The van der Waals surface area contributed by atoms with Gasteiger partial charge < -0.3 is 10.4 Å². The Labute approximate surface area is 130 Å². The van der Waals surface area contributed by atoms with Crippen molar-refractivity contribution in [2.75, 3.05) is 5.75 Å². The van der Waals surface area contributed by atoms with E-state index in [0.29, 0.717) is 0 Å². The van der Waals surface area contributed by atoms with E-state index in [9.17, 15) is 31.2 Å². The molecular weight excluding hydrogens is 339 g/mol. The second-order valence-corrected chi connectivity index (χ2v) is 6.89. The maximum atomic E-state index is 12.3. The lowest BCUT2D eigenvalue weighted by atomic mass is 10.1. The van der Waals surface area contributed by atoms with Gasteiger partial charge in [0.2, 0.25) is 0 Å². The quantitative estimate of drug-likeness (QED) is 0.809. The van der Waals surface area contributed by atoms with Crippen LogP contribution in [0, 0.1) is 0 Å². The van der Waals surface area contributed by atoms with Crippen molar-refractivity contribution in [2.24, 2.45) is 0 Å². The van der Waals surface area contributed by atoms with Crippen molar-refractivity contribution in [2.45, 2.75) is 30.5 Å². The van der Waals surface area contributed by atoms with Crippen molar-refractivity contribution in [1.82, 2.24) is 5.32 Å². The summed E-state index contributed by atoms with van der Waals surface area (Å²) in [5, 5.41) is 10.5. The van der Waals surface area contributed by atoms with Crippen molar-refractivity contribution in [3.05, 3.63) is 29.8 Å². The van der Waals surface area contributed by atoms with Crippen LogP contribution < -0.4 is 5.32 Å². The van der Waals surface area contributed by atoms with E-state index in [1.165, 1.54) is 25.1 Å². The molecule has 128 valence electrons. The predicted octanol–water partition coefficient (Wildman–Crippen LogP) is 1.62. The standard InChI is InChI=1S/C13H14F3NO5S/c1-2-23(21,22)9-5-3-4-8(6-9)11(18)17-10(12(19)20)7-13(14,15)16/h3-6,10H,2,7H2,1H3,(H,17,18)(H,19,20). The van der Waals surface area contributed by atoms with Crippen LogP contribution in [-0.2, 0) is 14.6 Å². The largest absolute Gasteiger partial charge is 0.480 e. The fraction of sp³-hybridized carbons (Fsp3) is 0.385. The third-order valence-electron chi connectivity index (χ3n) is 2.87. The first kappa shape index (κ1) is 18.9. The molecule has 6 nitrogen and oxygen atoms in total. The Kier molecular flexibility index (Phi) is 5.75. The highest BCUT2D eigenvalue weighted by Gasteiger charge is 2.36. The van der Waals surface area contributed by atoms with Gasteiger partial charge in [-0.2, -0.15) is 13.2 Å². The van der Waals surface area contributed by atoms with E-state index in [1.807, 2.05) is 0 Å². The molecule has 0 fully saturated rings.